The Morgan fingerprint density at radius 3 is 1.71 bits per heavy atom. The van der Waals surface area contributed by atoms with Gasteiger partial charge in [0.1, 0.15) is 12.2 Å². The van der Waals surface area contributed by atoms with E-state index in [1.165, 1.54) is 0 Å². The van der Waals surface area contributed by atoms with Crippen LogP contribution in [0.15, 0.2) is 65.7 Å². The number of rotatable bonds is 4. The molecule has 0 saturated heterocycles. The van der Waals surface area contributed by atoms with Gasteiger partial charge in [-0.1, -0.05) is 81.4 Å². The molecule has 0 amide bonds. The van der Waals surface area contributed by atoms with Crippen LogP contribution in [0, 0.1) is 68.6 Å². The molecule has 2 aromatic carbocycles. The maximum absolute atomic E-state index is 12.1. The molecule has 176 valence electrons. The van der Waals surface area contributed by atoms with Gasteiger partial charge in [-0.15, -0.1) is 0 Å². The fraction of sp³-hybridized carbons (Fsp3) is 0.233. The van der Waals surface area contributed by atoms with Crippen molar-refractivity contribution in [3.63, 3.8) is 0 Å². The smallest absolute Gasteiger partial charge is 0.192 e. The topological polar surface area (TPSA) is 41.8 Å². The van der Waals surface area contributed by atoms with Gasteiger partial charge in [-0.3, -0.25) is 0 Å². The van der Waals surface area contributed by atoms with Crippen molar-refractivity contribution in [1.82, 2.24) is 0 Å². The van der Waals surface area contributed by atoms with E-state index in [1.807, 2.05) is 112 Å². The van der Waals surface area contributed by atoms with Crippen LogP contribution in [-0.4, -0.2) is 23.7 Å². The van der Waals surface area contributed by atoms with Gasteiger partial charge in [-0.2, -0.15) is 0 Å². The van der Waals surface area contributed by atoms with Gasteiger partial charge in [0.05, 0.1) is 12.0 Å². The molecule has 4 heteroatoms. The number of ether oxygens (including phenoxy) is 1. The molecule has 0 aromatic heterocycles. The van der Waals surface area contributed by atoms with Crippen molar-refractivity contribution < 1.29 is 26.9 Å². The van der Waals surface area contributed by atoms with Gasteiger partial charge >= 0.3 is 0 Å². The molecule has 0 spiro atoms. The minimum absolute atomic E-state index is 0. The van der Waals surface area contributed by atoms with Gasteiger partial charge in [0.2, 0.25) is 0 Å². The van der Waals surface area contributed by atoms with Gasteiger partial charge in [0.15, 0.2) is 5.90 Å². The molecular weight excluding hydrogens is 462 g/mol. The van der Waals surface area contributed by atoms with E-state index in [0.29, 0.717) is 12.5 Å². The van der Waals surface area contributed by atoms with Crippen molar-refractivity contribution in [2.75, 3.05) is 6.61 Å². The van der Waals surface area contributed by atoms with Crippen LogP contribution >= 0.6 is 0 Å². The quantitative estimate of drug-likeness (QED) is 0.567. The molecule has 2 fully saturated rings. The van der Waals surface area contributed by atoms with Crippen molar-refractivity contribution in [2.45, 2.75) is 32.4 Å². The van der Waals surface area contributed by atoms with Crippen molar-refractivity contribution >= 4 is 5.90 Å². The maximum Gasteiger partial charge on any atom is 0.192 e. The molecule has 34 heavy (non-hydrogen) atoms. The molecule has 1 heterocycles. The summed E-state index contributed by atoms with van der Waals surface area (Å²) < 4.78 is 5.98. The van der Waals surface area contributed by atoms with E-state index in [2.05, 4.69) is 20.8 Å². The monoisotopic (exact) mass is 493 g/mol. The Kier molecular flexibility index (Phi) is 9.43. The fourth-order valence-electron chi connectivity index (χ4n) is 4.04. The molecule has 5 rings (SSSR count). The Balaban J connectivity index is 0.000000481. The van der Waals surface area contributed by atoms with E-state index >= 15 is 0 Å². The summed E-state index contributed by atoms with van der Waals surface area (Å²) in [5.74, 6) is 2.25. The molecule has 10 radical (unpaired) electrons. The first kappa shape index (κ1) is 27.0. The van der Waals surface area contributed by atoms with Crippen LogP contribution < -0.4 is 0 Å². The number of aliphatic imine (C=N–C) groups is 1. The molecule has 0 bridgehead atoms. The zero-order chi connectivity index (χ0) is 23.3. The SMILES string of the molecule is CC(C)(C)[C@H]1COC([C]2[CH][CH][CH][C]2C(O)(c2ccccc2)c2ccccc2)=N1.[CH]1[CH][CH][CH][CH]1.[Fe]. The van der Waals surface area contributed by atoms with E-state index in [0.717, 1.165) is 23.0 Å². The molecule has 2 aliphatic carbocycles. The molecule has 2 aromatic rings. The molecule has 1 atom stereocenters. The van der Waals surface area contributed by atoms with Crippen molar-refractivity contribution in [3.05, 3.63) is 135 Å². The summed E-state index contributed by atoms with van der Waals surface area (Å²) in [4.78, 5) is 4.85. The summed E-state index contributed by atoms with van der Waals surface area (Å²) in [6.45, 7) is 7.08. The third-order valence-corrected chi connectivity index (χ3v) is 6.03. The average Bonchev–Trinajstić information content (AvgIpc) is 3.62. The first-order valence-corrected chi connectivity index (χ1v) is 11.4. The Morgan fingerprint density at radius 1 is 0.765 bits per heavy atom. The van der Waals surface area contributed by atoms with Crippen LogP contribution in [0.5, 0.6) is 0 Å². The number of nitrogens with zero attached hydrogens (tertiary/aromatic N) is 1. The van der Waals surface area contributed by atoms with E-state index in [-0.39, 0.29) is 28.5 Å². The Labute approximate surface area is 216 Å². The molecule has 3 nitrogen and oxygen atoms in total. The van der Waals surface area contributed by atoms with Gasteiger partial charge in [-0.05, 0) is 67.9 Å². The Bertz CT molecular complexity index is 855. The molecule has 2 saturated carbocycles. The van der Waals surface area contributed by atoms with Crippen LogP contribution in [-0.2, 0) is 27.4 Å². The van der Waals surface area contributed by atoms with Crippen LogP contribution in [0.2, 0.25) is 0 Å². The molecule has 0 unspecified atom stereocenters. The van der Waals surface area contributed by atoms with Gasteiger partial charge in [0.25, 0.3) is 0 Å². The molecule has 1 N–H and O–H groups in total. The number of hydrogen-bond donors (Lipinski definition) is 1. The van der Waals surface area contributed by atoms with E-state index in [4.69, 9.17) is 9.73 Å². The predicted molar refractivity (Wildman–Crippen MR) is 133 cm³/mol. The number of aliphatic hydroxyl groups is 1. The average molecular weight is 493 g/mol. The van der Waals surface area contributed by atoms with Crippen LogP contribution in [0.4, 0.5) is 0 Å². The maximum atomic E-state index is 12.1. The number of benzene rings is 2. The van der Waals surface area contributed by atoms with Crippen molar-refractivity contribution in [2.24, 2.45) is 10.4 Å². The van der Waals surface area contributed by atoms with Crippen LogP contribution in [0.3, 0.4) is 0 Å². The van der Waals surface area contributed by atoms with E-state index < -0.39 is 5.60 Å². The standard InChI is InChI=1S/C25H26NO2.C5H5.Fe/c1-24(2,3)22-17-28-23(26-22)20-15-10-16-21(20)25(27,18-11-6-4-7-12-18)19-13-8-5-9-14-19;1-2-4-5-3-1;/h4-16,22,27H,17H2,1-3H3;1-5H;/t22-;;/m1../s1. The summed E-state index contributed by atoms with van der Waals surface area (Å²) >= 11 is 0. The van der Waals surface area contributed by atoms with Gasteiger partial charge < -0.3 is 9.84 Å². The van der Waals surface area contributed by atoms with Gasteiger partial charge in [-0.25, -0.2) is 4.99 Å². The second kappa shape index (κ2) is 11.9. The Morgan fingerprint density at radius 2 is 1.26 bits per heavy atom. The molecule has 1 aliphatic heterocycles. The van der Waals surface area contributed by atoms with Crippen molar-refractivity contribution in [3.8, 4) is 0 Å². The summed E-state index contributed by atoms with van der Waals surface area (Å²) in [5.41, 5.74) is 0.385. The van der Waals surface area contributed by atoms with E-state index in [1.54, 1.807) is 0 Å². The zero-order valence-corrected chi connectivity index (χ0v) is 20.9. The molecule has 3 aliphatic rings. The predicted octanol–water partition coefficient (Wildman–Crippen LogP) is 5.56. The van der Waals surface area contributed by atoms with Crippen LogP contribution in [0.25, 0.3) is 0 Å². The summed E-state index contributed by atoms with van der Waals surface area (Å²) in [6.07, 6.45) is 15.9. The van der Waals surface area contributed by atoms with E-state index in [9.17, 15) is 5.11 Å². The normalized spacial score (nSPS) is 21.3. The largest absolute Gasteiger partial charge is 0.478 e. The van der Waals surface area contributed by atoms with Crippen LogP contribution in [0.1, 0.15) is 31.9 Å². The summed E-state index contributed by atoms with van der Waals surface area (Å²) in [5, 5.41) is 12.1. The minimum Gasteiger partial charge on any atom is -0.478 e. The third-order valence-electron chi connectivity index (χ3n) is 6.03. The minimum atomic E-state index is -1.28. The summed E-state index contributed by atoms with van der Waals surface area (Å²) in [6, 6.07) is 19.6. The second-order valence-corrected chi connectivity index (χ2v) is 9.38. The molecular formula is C30H31FeNO2. The fourth-order valence-corrected chi connectivity index (χ4v) is 4.04. The van der Waals surface area contributed by atoms with Gasteiger partial charge in [0, 0.05) is 23.0 Å². The zero-order valence-electron chi connectivity index (χ0n) is 19.8. The summed E-state index contributed by atoms with van der Waals surface area (Å²) in [7, 11) is 0. The first-order chi connectivity index (χ1) is 15.9. The number of hydrogen-bond acceptors (Lipinski definition) is 3. The second-order valence-electron chi connectivity index (χ2n) is 9.38. The Hall–Kier alpha value is -1.61. The van der Waals surface area contributed by atoms with Crippen molar-refractivity contribution in [1.29, 1.82) is 0 Å². The third kappa shape index (κ3) is 5.96. The first-order valence-electron chi connectivity index (χ1n) is 11.4.